The summed E-state index contributed by atoms with van der Waals surface area (Å²) in [6, 6.07) is 4.77. The molecule has 3 N–H and O–H groups in total. The molecular formula is C14H21NO5S. The maximum Gasteiger partial charge on any atom is 0.322 e. The van der Waals surface area contributed by atoms with E-state index >= 15 is 0 Å². The molecule has 0 heterocycles. The highest BCUT2D eigenvalue weighted by molar-refractivity contribution is 7.89. The van der Waals surface area contributed by atoms with E-state index in [4.69, 9.17) is 5.11 Å². The average molecular weight is 315 g/mol. The molecular weight excluding hydrogens is 294 g/mol. The Hall–Kier alpha value is -1.60. The number of sulfonamides is 1. The Morgan fingerprint density at radius 3 is 2.29 bits per heavy atom. The second-order valence-electron chi connectivity index (χ2n) is 5.38. The van der Waals surface area contributed by atoms with Crippen molar-refractivity contribution in [2.24, 2.45) is 5.92 Å². The zero-order valence-corrected chi connectivity index (χ0v) is 12.9. The average Bonchev–Trinajstić information content (AvgIpc) is 2.38. The lowest BCUT2D eigenvalue weighted by molar-refractivity contribution is -0.138. The maximum absolute atomic E-state index is 11.9. The van der Waals surface area contributed by atoms with E-state index < -0.39 is 22.0 Å². The number of carboxylic acid groups (broad SMARTS) is 1. The fraction of sp³-hybridized carbons (Fsp3) is 0.500. The van der Waals surface area contributed by atoms with Crippen LogP contribution in [-0.4, -0.2) is 36.4 Å². The molecule has 21 heavy (non-hydrogen) atoms. The molecule has 0 amide bonds. The number of carboxylic acids is 1. The van der Waals surface area contributed by atoms with Crippen molar-refractivity contribution in [2.45, 2.75) is 32.7 Å². The number of hydrogen-bond acceptors (Lipinski definition) is 4. The Labute approximate surface area is 124 Å². The van der Waals surface area contributed by atoms with Gasteiger partial charge in [0.25, 0.3) is 0 Å². The lowest BCUT2D eigenvalue weighted by Gasteiger charge is -2.15. The standard InChI is InChI=1S/C14H21NO5S/c1-10(2)7-8-21(19,20)15-13(14(17)18)9-11-3-5-12(16)6-4-11/h3-6,10,13,15-16H,7-9H2,1-2H3,(H,17,18)/t13-/m0/s1. The van der Waals surface area contributed by atoms with E-state index in [-0.39, 0.29) is 23.8 Å². The van der Waals surface area contributed by atoms with Crippen LogP contribution in [0.5, 0.6) is 5.75 Å². The van der Waals surface area contributed by atoms with E-state index in [0.29, 0.717) is 12.0 Å². The number of nitrogens with one attached hydrogen (secondary N) is 1. The third kappa shape index (κ3) is 6.59. The van der Waals surface area contributed by atoms with E-state index in [2.05, 4.69) is 4.72 Å². The summed E-state index contributed by atoms with van der Waals surface area (Å²) < 4.78 is 26.0. The van der Waals surface area contributed by atoms with Gasteiger partial charge in [-0.05, 0) is 36.5 Å². The van der Waals surface area contributed by atoms with Crippen molar-refractivity contribution in [1.82, 2.24) is 4.72 Å². The molecule has 1 aromatic carbocycles. The van der Waals surface area contributed by atoms with Crippen LogP contribution in [0.15, 0.2) is 24.3 Å². The highest BCUT2D eigenvalue weighted by Crippen LogP contribution is 2.12. The zero-order valence-electron chi connectivity index (χ0n) is 12.1. The van der Waals surface area contributed by atoms with Crippen LogP contribution in [0.25, 0.3) is 0 Å². The molecule has 0 aliphatic heterocycles. The van der Waals surface area contributed by atoms with Crippen molar-refractivity contribution < 1.29 is 23.4 Å². The third-order valence-electron chi connectivity index (χ3n) is 2.96. The molecule has 1 rings (SSSR count). The van der Waals surface area contributed by atoms with E-state index in [9.17, 15) is 18.3 Å². The SMILES string of the molecule is CC(C)CCS(=O)(=O)N[C@@H](Cc1ccc(O)cc1)C(=O)O. The zero-order chi connectivity index (χ0) is 16.0. The molecule has 0 aromatic heterocycles. The quantitative estimate of drug-likeness (QED) is 0.672. The smallest absolute Gasteiger partial charge is 0.322 e. The van der Waals surface area contributed by atoms with Crippen LogP contribution in [0.3, 0.4) is 0 Å². The largest absolute Gasteiger partial charge is 0.508 e. The summed E-state index contributed by atoms with van der Waals surface area (Å²) in [7, 11) is -3.63. The summed E-state index contributed by atoms with van der Waals surface area (Å²) in [5.74, 6) is -1.02. The van der Waals surface area contributed by atoms with E-state index in [1.54, 1.807) is 12.1 Å². The molecule has 118 valence electrons. The molecule has 0 bridgehead atoms. The predicted molar refractivity (Wildman–Crippen MR) is 79.6 cm³/mol. The van der Waals surface area contributed by atoms with Gasteiger partial charge >= 0.3 is 5.97 Å². The van der Waals surface area contributed by atoms with Crippen LogP contribution in [0.1, 0.15) is 25.8 Å². The maximum atomic E-state index is 11.9. The lowest BCUT2D eigenvalue weighted by atomic mass is 10.1. The lowest BCUT2D eigenvalue weighted by Crippen LogP contribution is -2.43. The minimum Gasteiger partial charge on any atom is -0.508 e. The highest BCUT2D eigenvalue weighted by Gasteiger charge is 2.24. The van der Waals surface area contributed by atoms with Gasteiger partial charge in [0.1, 0.15) is 11.8 Å². The summed E-state index contributed by atoms with van der Waals surface area (Å²) in [5, 5.41) is 18.3. The molecule has 0 fully saturated rings. The van der Waals surface area contributed by atoms with Crippen molar-refractivity contribution in [3.63, 3.8) is 0 Å². The first-order valence-corrected chi connectivity index (χ1v) is 8.35. The molecule has 7 heteroatoms. The number of phenolic OH excluding ortho intramolecular Hbond substituents is 1. The van der Waals surface area contributed by atoms with Gasteiger partial charge in [0.05, 0.1) is 5.75 Å². The van der Waals surface area contributed by atoms with Crippen LogP contribution in [0, 0.1) is 5.92 Å². The van der Waals surface area contributed by atoms with Gasteiger partial charge in [-0.2, -0.15) is 0 Å². The van der Waals surface area contributed by atoms with E-state index in [1.807, 2.05) is 13.8 Å². The molecule has 0 unspecified atom stereocenters. The number of benzene rings is 1. The second-order valence-corrected chi connectivity index (χ2v) is 7.25. The van der Waals surface area contributed by atoms with Gasteiger partial charge in [-0.15, -0.1) is 0 Å². The molecule has 0 saturated carbocycles. The first-order valence-electron chi connectivity index (χ1n) is 6.70. The van der Waals surface area contributed by atoms with E-state index in [0.717, 1.165) is 0 Å². The monoisotopic (exact) mass is 315 g/mol. The van der Waals surface area contributed by atoms with Gasteiger partial charge in [-0.25, -0.2) is 13.1 Å². The fourth-order valence-corrected chi connectivity index (χ4v) is 3.23. The Balaban J connectivity index is 2.74. The van der Waals surface area contributed by atoms with Crippen molar-refractivity contribution in [1.29, 1.82) is 0 Å². The molecule has 0 aliphatic carbocycles. The normalized spacial score (nSPS) is 13.3. The van der Waals surface area contributed by atoms with Crippen molar-refractivity contribution in [3.05, 3.63) is 29.8 Å². The molecule has 6 nitrogen and oxygen atoms in total. The molecule has 0 aliphatic rings. The topological polar surface area (TPSA) is 104 Å². The first kappa shape index (κ1) is 17.5. The second kappa shape index (κ2) is 7.42. The predicted octanol–water partition coefficient (Wildman–Crippen LogP) is 1.35. The number of rotatable bonds is 8. The Morgan fingerprint density at radius 1 is 1.24 bits per heavy atom. The highest BCUT2D eigenvalue weighted by atomic mass is 32.2. The number of phenols is 1. The van der Waals surface area contributed by atoms with Gasteiger partial charge in [-0.1, -0.05) is 26.0 Å². The summed E-state index contributed by atoms with van der Waals surface area (Å²) in [6.07, 6.45) is 0.497. The van der Waals surface area contributed by atoms with Crippen LogP contribution < -0.4 is 4.72 Å². The molecule has 0 saturated heterocycles. The minimum absolute atomic E-state index is 0.0243. The van der Waals surface area contributed by atoms with Crippen LogP contribution in [0.4, 0.5) is 0 Å². The molecule has 1 atom stereocenters. The van der Waals surface area contributed by atoms with Crippen molar-refractivity contribution >= 4 is 16.0 Å². The van der Waals surface area contributed by atoms with Crippen molar-refractivity contribution in [2.75, 3.05) is 5.75 Å². The van der Waals surface area contributed by atoms with Crippen LogP contribution in [0.2, 0.25) is 0 Å². The number of aliphatic carboxylic acids is 1. The fourth-order valence-electron chi connectivity index (χ4n) is 1.71. The molecule has 0 radical (unpaired) electrons. The van der Waals surface area contributed by atoms with Gasteiger partial charge in [0.2, 0.25) is 10.0 Å². The Morgan fingerprint density at radius 2 is 1.81 bits per heavy atom. The van der Waals surface area contributed by atoms with Crippen molar-refractivity contribution in [3.8, 4) is 5.75 Å². The Kier molecular flexibility index (Phi) is 6.17. The van der Waals surface area contributed by atoms with Gasteiger partial charge in [-0.3, -0.25) is 4.79 Å². The van der Waals surface area contributed by atoms with Crippen LogP contribution >= 0.6 is 0 Å². The summed E-state index contributed by atoms with van der Waals surface area (Å²) in [6.45, 7) is 3.81. The Bertz CT molecular complexity index is 566. The van der Waals surface area contributed by atoms with E-state index in [1.165, 1.54) is 12.1 Å². The number of aromatic hydroxyl groups is 1. The van der Waals surface area contributed by atoms with Crippen LogP contribution in [-0.2, 0) is 21.2 Å². The number of carbonyl (C=O) groups is 1. The summed E-state index contributed by atoms with van der Waals surface area (Å²) in [5.41, 5.74) is 0.631. The molecule has 0 spiro atoms. The minimum atomic E-state index is -3.63. The van der Waals surface area contributed by atoms with Gasteiger partial charge in [0.15, 0.2) is 0 Å². The van der Waals surface area contributed by atoms with Gasteiger partial charge in [0, 0.05) is 0 Å². The molecule has 1 aromatic rings. The first-order chi connectivity index (χ1) is 9.69. The van der Waals surface area contributed by atoms with Gasteiger partial charge < -0.3 is 10.2 Å². The third-order valence-corrected chi connectivity index (χ3v) is 4.38. The summed E-state index contributed by atoms with van der Waals surface area (Å²) in [4.78, 5) is 11.2. The summed E-state index contributed by atoms with van der Waals surface area (Å²) >= 11 is 0. The number of hydrogen-bond donors (Lipinski definition) is 3.